The fourth-order valence-corrected chi connectivity index (χ4v) is 2.36. The maximum atomic E-state index is 14.2. The monoisotopic (exact) mass is 367 g/mol. The number of benzene rings is 1. The smallest absolute Gasteiger partial charge is 0.261 e. The van der Waals surface area contributed by atoms with Gasteiger partial charge in [-0.2, -0.15) is 9.37 Å². The average molecular weight is 368 g/mol. The summed E-state index contributed by atoms with van der Waals surface area (Å²) in [7, 11) is 0. The Labute approximate surface area is 130 Å². The van der Waals surface area contributed by atoms with Gasteiger partial charge in [0.05, 0.1) is 5.52 Å². The predicted molar refractivity (Wildman–Crippen MR) is 80.2 cm³/mol. The van der Waals surface area contributed by atoms with Crippen LogP contribution in [0.15, 0.2) is 21.5 Å². The number of fused-ring (bicyclic) bond motifs is 1. The van der Waals surface area contributed by atoms with Crippen molar-refractivity contribution in [2.45, 2.75) is 6.92 Å². The number of anilines is 1. The Balaban J connectivity index is 2.34. The van der Waals surface area contributed by atoms with Gasteiger partial charge in [0.25, 0.3) is 5.56 Å². The minimum atomic E-state index is -0.868. The second-order valence-electron chi connectivity index (χ2n) is 4.54. The molecule has 0 atom stereocenters. The third-order valence-corrected chi connectivity index (χ3v) is 3.50. The summed E-state index contributed by atoms with van der Waals surface area (Å²) in [6.07, 6.45) is 0. The second-order valence-corrected chi connectivity index (χ2v) is 5.29. The molecule has 6 nitrogen and oxygen atoms in total. The van der Waals surface area contributed by atoms with Gasteiger partial charge in [0.2, 0.25) is 5.95 Å². The summed E-state index contributed by atoms with van der Waals surface area (Å²) < 4.78 is 27.3. The van der Waals surface area contributed by atoms with Gasteiger partial charge in [0, 0.05) is 5.56 Å². The first-order valence-electron chi connectivity index (χ1n) is 6.06. The number of nitrogens with two attached hydrogens (primary N) is 1. The largest absolute Gasteiger partial charge is 0.382 e. The Morgan fingerprint density at radius 2 is 1.95 bits per heavy atom. The highest BCUT2D eigenvalue weighted by atomic mass is 79.9. The van der Waals surface area contributed by atoms with E-state index < -0.39 is 17.3 Å². The molecule has 0 radical (unpaired) electrons. The van der Waals surface area contributed by atoms with Gasteiger partial charge >= 0.3 is 0 Å². The highest BCUT2D eigenvalue weighted by molar-refractivity contribution is 9.10. The Kier molecular flexibility index (Phi) is 3.36. The van der Waals surface area contributed by atoms with Crippen LogP contribution in [0.1, 0.15) is 5.82 Å². The number of rotatable bonds is 1. The van der Waals surface area contributed by atoms with E-state index in [2.05, 4.69) is 35.9 Å². The molecule has 0 saturated carbocycles. The zero-order chi connectivity index (χ0) is 16.0. The standard InChI is InChI=1S/C13H8BrF2N5O/c1-4-18-7-3-5(2-6(15)8(7)13(22)19-4)9-12(17)21-11(16)10(14)20-9/h2-3H,1H3,(H2,17,21)(H,18,19,22). The number of hydrogen-bond donors (Lipinski definition) is 2. The van der Waals surface area contributed by atoms with Crippen LogP contribution >= 0.6 is 15.9 Å². The normalized spacial score (nSPS) is 11.1. The summed E-state index contributed by atoms with van der Waals surface area (Å²) in [4.78, 5) is 25.7. The minimum Gasteiger partial charge on any atom is -0.382 e. The van der Waals surface area contributed by atoms with E-state index in [1.54, 1.807) is 6.92 Å². The van der Waals surface area contributed by atoms with Gasteiger partial charge in [-0.1, -0.05) is 0 Å². The number of halogens is 3. The fraction of sp³-hybridized carbons (Fsp3) is 0.0769. The first kappa shape index (κ1) is 14.5. The summed E-state index contributed by atoms with van der Waals surface area (Å²) >= 11 is 2.90. The quantitative estimate of drug-likeness (QED) is 0.687. The van der Waals surface area contributed by atoms with Crippen LogP contribution in [0, 0.1) is 18.7 Å². The molecule has 0 aliphatic carbocycles. The van der Waals surface area contributed by atoms with Crippen molar-refractivity contribution in [2.75, 3.05) is 5.73 Å². The van der Waals surface area contributed by atoms with Crippen molar-refractivity contribution < 1.29 is 8.78 Å². The van der Waals surface area contributed by atoms with Gasteiger partial charge in [-0.25, -0.2) is 14.4 Å². The van der Waals surface area contributed by atoms with Crippen LogP contribution < -0.4 is 11.3 Å². The van der Waals surface area contributed by atoms with Crippen molar-refractivity contribution >= 4 is 32.7 Å². The molecule has 0 saturated heterocycles. The molecule has 1 aromatic carbocycles. The maximum absolute atomic E-state index is 14.2. The van der Waals surface area contributed by atoms with Crippen molar-refractivity contribution in [2.24, 2.45) is 0 Å². The Hall–Kier alpha value is -2.42. The Morgan fingerprint density at radius 1 is 1.23 bits per heavy atom. The number of nitrogens with one attached hydrogen (secondary N) is 1. The molecule has 0 unspecified atom stereocenters. The Bertz CT molecular complexity index is 973. The van der Waals surface area contributed by atoms with E-state index in [1.165, 1.54) is 6.07 Å². The number of nitrogen functional groups attached to an aromatic ring is 1. The topological polar surface area (TPSA) is 97.5 Å². The lowest BCUT2D eigenvalue weighted by atomic mass is 10.1. The molecule has 2 heterocycles. The van der Waals surface area contributed by atoms with Crippen molar-refractivity contribution in [3.8, 4) is 11.3 Å². The summed E-state index contributed by atoms with van der Waals surface area (Å²) in [6, 6.07) is 2.53. The predicted octanol–water partition coefficient (Wildman–Crippen LogP) is 2.31. The number of aromatic nitrogens is 4. The second kappa shape index (κ2) is 5.09. The van der Waals surface area contributed by atoms with E-state index in [4.69, 9.17) is 5.73 Å². The van der Waals surface area contributed by atoms with Gasteiger partial charge in [-0.3, -0.25) is 4.79 Å². The molecule has 3 aromatic rings. The number of aromatic amines is 1. The van der Waals surface area contributed by atoms with Crippen LogP contribution in [-0.2, 0) is 0 Å². The van der Waals surface area contributed by atoms with E-state index in [-0.39, 0.29) is 32.6 Å². The molecule has 0 bridgehead atoms. The Morgan fingerprint density at radius 3 is 2.68 bits per heavy atom. The third-order valence-electron chi connectivity index (χ3n) is 2.99. The summed E-state index contributed by atoms with van der Waals surface area (Å²) in [5.74, 6) is -1.50. The molecule has 3 N–H and O–H groups in total. The van der Waals surface area contributed by atoms with E-state index in [0.29, 0.717) is 5.82 Å². The zero-order valence-electron chi connectivity index (χ0n) is 11.1. The first-order chi connectivity index (χ1) is 10.4. The lowest BCUT2D eigenvalue weighted by molar-refractivity contribution is 0.571. The zero-order valence-corrected chi connectivity index (χ0v) is 12.7. The van der Waals surface area contributed by atoms with Crippen molar-refractivity contribution in [1.29, 1.82) is 0 Å². The van der Waals surface area contributed by atoms with Crippen LogP contribution in [0.25, 0.3) is 22.2 Å². The molecule has 22 heavy (non-hydrogen) atoms. The molecule has 3 rings (SSSR count). The molecule has 0 spiro atoms. The first-order valence-corrected chi connectivity index (χ1v) is 6.85. The van der Waals surface area contributed by atoms with Gasteiger partial charge in [-0.15, -0.1) is 0 Å². The van der Waals surface area contributed by atoms with Crippen molar-refractivity contribution in [3.05, 3.63) is 44.7 Å². The van der Waals surface area contributed by atoms with Crippen LogP contribution in [0.3, 0.4) is 0 Å². The number of aryl methyl sites for hydroxylation is 1. The maximum Gasteiger partial charge on any atom is 0.261 e. The van der Waals surface area contributed by atoms with E-state index in [0.717, 1.165) is 6.07 Å². The molecular formula is C13H8BrF2N5O. The number of nitrogens with zero attached hydrogens (tertiary/aromatic N) is 3. The van der Waals surface area contributed by atoms with E-state index in [9.17, 15) is 13.6 Å². The van der Waals surface area contributed by atoms with Gasteiger partial charge in [0.1, 0.15) is 22.7 Å². The molecule has 112 valence electrons. The fourth-order valence-electron chi connectivity index (χ4n) is 2.10. The highest BCUT2D eigenvalue weighted by Crippen LogP contribution is 2.28. The summed E-state index contributed by atoms with van der Waals surface area (Å²) in [6.45, 7) is 1.58. The molecule has 9 heteroatoms. The van der Waals surface area contributed by atoms with Gasteiger partial charge in [0.15, 0.2) is 10.4 Å². The SMILES string of the molecule is Cc1nc2cc(-c3nc(Br)c(F)nc3N)cc(F)c2c(=O)[nH]1. The number of hydrogen-bond acceptors (Lipinski definition) is 5. The lowest BCUT2D eigenvalue weighted by Gasteiger charge is -2.07. The van der Waals surface area contributed by atoms with E-state index in [1.807, 2.05) is 0 Å². The van der Waals surface area contributed by atoms with Crippen LogP contribution in [0.5, 0.6) is 0 Å². The van der Waals surface area contributed by atoms with Gasteiger partial charge in [-0.05, 0) is 35.0 Å². The average Bonchev–Trinajstić information content (AvgIpc) is 2.41. The lowest BCUT2D eigenvalue weighted by Crippen LogP contribution is -2.11. The van der Waals surface area contributed by atoms with Crippen molar-refractivity contribution in [3.63, 3.8) is 0 Å². The molecule has 2 aromatic heterocycles. The minimum absolute atomic E-state index is 0.0915. The molecule has 0 fully saturated rings. The molecular weight excluding hydrogens is 360 g/mol. The summed E-state index contributed by atoms with van der Waals surface area (Å²) in [5.41, 5.74) is 5.54. The third kappa shape index (κ3) is 2.33. The highest BCUT2D eigenvalue weighted by Gasteiger charge is 2.16. The van der Waals surface area contributed by atoms with Gasteiger partial charge < -0.3 is 10.7 Å². The van der Waals surface area contributed by atoms with Crippen molar-refractivity contribution in [1.82, 2.24) is 19.9 Å². The molecule has 0 aliphatic rings. The van der Waals surface area contributed by atoms with E-state index >= 15 is 0 Å². The molecule has 0 aliphatic heterocycles. The molecule has 0 amide bonds. The van der Waals surface area contributed by atoms with Crippen LogP contribution in [0.4, 0.5) is 14.6 Å². The number of H-pyrrole nitrogens is 1. The summed E-state index contributed by atoms with van der Waals surface area (Å²) in [5, 5.41) is -0.165. The van der Waals surface area contributed by atoms with Crippen LogP contribution in [-0.4, -0.2) is 19.9 Å². The van der Waals surface area contributed by atoms with Crippen LogP contribution in [0.2, 0.25) is 0 Å².